The maximum Gasteiger partial charge on any atom is 0.191 e. The standard InChI is InChI=1S/C24H41N5O3/c1-5-25-24(26-17-19-6-9-28(10-7-19)12-13-30-2)27-20-8-11-29(18-20)21-14-22(31-3)16-23(15-21)32-4/h14-16,19-20H,5-13,17-18H2,1-4H3,(H2,25,26,27). The Morgan fingerprint density at radius 3 is 2.38 bits per heavy atom. The molecule has 0 bridgehead atoms. The Hall–Kier alpha value is -2.19. The van der Waals surface area contributed by atoms with Gasteiger partial charge in [-0.1, -0.05) is 0 Å². The van der Waals surface area contributed by atoms with Crippen LogP contribution < -0.4 is 25.0 Å². The van der Waals surface area contributed by atoms with E-state index in [0.29, 0.717) is 12.0 Å². The number of nitrogens with one attached hydrogen (secondary N) is 2. The first-order valence-corrected chi connectivity index (χ1v) is 11.9. The molecule has 2 heterocycles. The van der Waals surface area contributed by atoms with Crippen molar-refractivity contribution in [1.29, 1.82) is 0 Å². The van der Waals surface area contributed by atoms with E-state index < -0.39 is 0 Å². The highest BCUT2D eigenvalue weighted by Crippen LogP contribution is 2.30. The molecule has 0 aliphatic carbocycles. The molecule has 1 aromatic carbocycles. The number of aliphatic imine (C=N–C) groups is 1. The first-order valence-electron chi connectivity index (χ1n) is 11.9. The summed E-state index contributed by atoms with van der Waals surface area (Å²) in [7, 11) is 5.15. The van der Waals surface area contributed by atoms with Gasteiger partial charge in [0.2, 0.25) is 0 Å². The number of likely N-dealkylation sites (tertiary alicyclic amines) is 1. The highest BCUT2D eigenvalue weighted by Gasteiger charge is 2.25. The van der Waals surface area contributed by atoms with Gasteiger partial charge in [0.15, 0.2) is 5.96 Å². The Labute approximate surface area is 193 Å². The number of methoxy groups -OCH3 is 3. The fraction of sp³-hybridized carbons (Fsp3) is 0.708. The summed E-state index contributed by atoms with van der Waals surface area (Å²) in [5, 5.41) is 7.09. The van der Waals surface area contributed by atoms with Gasteiger partial charge < -0.3 is 34.6 Å². The van der Waals surface area contributed by atoms with E-state index >= 15 is 0 Å². The van der Waals surface area contributed by atoms with Gasteiger partial charge in [0.05, 0.1) is 20.8 Å². The number of hydrogen-bond donors (Lipinski definition) is 2. The zero-order valence-corrected chi connectivity index (χ0v) is 20.2. The third-order valence-electron chi connectivity index (χ3n) is 6.40. The molecule has 0 amide bonds. The zero-order chi connectivity index (χ0) is 22.8. The van der Waals surface area contributed by atoms with Crippen LogP contribution in [0, 0.1) is 5.92 Å². The number of piperidine rings is 1. The molecule has 2 saturated heterocycles. The highest BCUT2D eigenvalue weighted by molar-refractivity contribution is 5.80. The van der Waals surface area contributed by atoms with Gasteiger partial charge in [0.1, 0.15) is 11.5 Å². The Bertz CT molecular complexity index is 699. The molecule has 0 spiro atoms. The van der Waals surface area contributed by atoms with Gasteiger partial charge in [-0.2, -0.15) is 0 Å². The monoisotopic (exact) mass is 447 g/mol. The normalized spacial score (nSPS) is 20.4. The van der Waals surface area contributed by atoms with Crippen LogP contribution >= 0.6 is 0 Å². The van der Waals surface area contributed by atoms with E-state index in [4.69, 9.17) is 19.2 Å². The van der Waals surface area contributed by atoms with Crippen molar-refractivity contribution in [2.75, 3.05) is 78.6 Å². The minimum absolute atomic E-state index is 0.362. The largest absolute Gasteiger partial charge is 0.497 e. The summed E-state index contributed by atoms with van der Waals surface area (Å²) in [5.41, 5.74) is 1.13. The van der Waals surface area contributed by atoms with E-state index in [2.05, 4.69) is 39.5 Å². The smallest absolute Gasteiger partial charge is 0.191 e. The first-order chi connectivity index (χ1) is 15.6. The van der Waals surface area contributed by atoms with Crippen molar-refractivity contribution in [2.24, 2.45) is 10.9 Å². The van der Waals surface area contributed by atoms with Crippen molar-refractivity contribution in [1.82, 2.24) is 15.5 Å². The Kier molecular flexibility index (Phi) is 9.74. The molecule has 2 N–H and O–H groups in total. The third kappa shape index (κ3) is 7.17. The Morgan fingerprint density at radius 2 is 1.75 bits per heavy atom. The van der Waals surface area contributed by atoms with Gasteiger partial charge in [-0.25, -0.2) is 0 Å². The molecule has 1 atom stereocenters. The van der Waals surface area contributed by atoms with Crippen molar-refractivity contribution in [3.8, 4) is 11.5 Å². The predicted molar refractivity (Wildman–Crippen MR) is 130 cm³/mol. The van der Waals surface area contributed by atoms with Gasteiger partial charge in [-0.05, 0) is 45.2 Å². The van der Waals surface area contributed by atoms with Gasteiger partial charge in [0, 0.05) is 69.8 Å². The van der Waals surface area contributed by atoms with Gasteiger partial charge in [0.25, 0.3) is 0 Å². The molecular formula is C24H41N5O3. The molecule has 1 aromatic rings. The van der Waals surface area contributed by atoms with Crippen molar-refractivity contribution < 1.29 is 14.2 Å². The van der Waals surface area contributed by atoms with E-state index in [1.54, 1.807) is 21.3 Å². The lowest BCUT2D eigenvalue weighted by Crippen LogP contribution is -2.45. The molecule has 2 fully saturated rings. The number of ether oxygens (including phenoxy) is 3. The van der Waals surface area contributed by atoms with Crippen molar-refractivity contribution in [3.63, 3.8) is 0 Å². The number of nitrogens with zero attached hydrogens (tertiary/aromatic N) is 3. The molecule has 1 unspecified atom stereocenters. The molecule has 32 heavy (non-hydrogen) atoms. The molecule has 0 saturated carbocycles. The molecule has 8 heteroatoms. The number of guanidine groups is 1. The average Bonchev–Trinajstić information content (AvgIpc) is 3.30. The molecular weight excluding hydrogens is 406 g/mol. The van der Waals surface area contributed by atoms with Gasteiger partial charge in [-0.15, -0.1) is 0 Å². The van der Waals surface area contributed by atoms with Crippen LogP contribution in [0.4, 0.5) is 5.69 Å². The molecule has 0 aromatic heterocycles. The summed E-state index contributed by atoms with van der Waals surface area (Å²) in [6.07, 6.45) is 3.49. The second-order valence-corrected chi connectivity index (χ2v) is 8.64. The molecule has 2 aliphatic rings. The lowest BCUT2D eigenvalue weighted by atomic mass is 9.97. The average molecular weight is 448 g/mol. The fourth-order valence-corrected chi connectivity index (χ4v) is 4.43. The van der Waals surface area contributed by atoms with Crippen LogP contribution in [0.5, 0.6) is 11.5 Å². The van der Waals surface area contributed by atoms with Crippen molar-refractivity contribution in [2.45, 2.75) is 32.2 Å². The van der Waals surface area contributed by atoms with E-state index in [-0.39, 0.29) is 0 Å². The minimum Gasteiger partial charge on any atom is -0.497 e. The first kappa shape index (κ1) is 24.5. The summed E-state index contributed by atoms with van der Waals surface area (Å²) in [4.78, 5) is 9.80. The molecule has 180 valence electrons. The lowest BCUT2D eigenvalue weighted by molar-refractivity contribution is 0.121. The summed E-state index contributed by atoms with van der Waals surface area (Å²) in [6.45, 7) is 9.94. The minimum atomic E-state index is 0.362. The lowest BCUT2D eigenvalue weighted by Gasteiger charge is -2.31. The van der Waals surface area contributed by atoms with Gasteiger partial charge in [-0.3, -0.25) is 4.99 Å². The number of hydrogen-bond acceptors (Lipinski definition) is 6. The van der Waals surface area contributed by atoms with Crippen LogP contribution in [0.1, 0.15) is 26.2 Å². The summed E-state index contributed by atoms with van der Waals surface area (Å²) < 4.78 is 16.1. The topological polar surface area (TPSA) is 70.6 Å². The van der Waals surface area contributed by atoms with Crippen LogP contribution in [0.25, 0.3) is 0 Å². The molecule has 8 nitrogen and oxygen atoms in total. The van der Waals surface area contributed by atoms with E-state index in [1.165, 1.54) is 12.8 Å². The molecule has 3 rings (SSSR count). The van der Waals surface area contributed by atoms with Crippen LogP contribution in [-0.2, 0) is 4.74 Å². The van der Waals surface area contributed by atoms with E-state index in [9.17, 15) is 0 Å². The maximum atomic E-state index is 5.44. The van der Waals surface area contributed by atoms with Crippen molar-refractivity contribution in [3.05, 3.63) is 18.2 Å². The predicted octanol–water partition coefficient (Wildman–Crippen LogP) is 2.20. The highest BCUT2D eigenvalue weighted by atomic mass is 16.5. The second-order valence-electron chi connectivity index (χ2n) is 8.64. The van der Waals surface area contributed by atoms with Gasteiger partial charge >= 0.3 is 0 Å². The zero-order valence-electron chi connectivity index (χ0n) is 20.2. The number of rotatable bonds is 10. The van der Waals surface area contributed by atoms with E-state index in [1.807, 2.05) is 6.07 Å². The fourth-order valence-electron chi connectivity index (χ4n) is 4.43. The van der Waals surface area contributed by atoms with Crippen molar-refractivity contribution >= 4 is 11.6 Å². The Balaban J connectivity index is 1.51. The van der Waals surface area contributed by atoms with Crippen LogP contribution in [-0.4, -0.2) is 90.7 Å². The van der Waals surface area contributed by atoms with Crippen LogP contribution in [0.3, 0.4) is 0 Å². The number of anilines is 1. The summed E-state index contributed by atoms with van der Waals surface area (Å²) in [5.74, 6) is 3.23. The van der Waals surface area contributed by atoms with E-state index in [0.717, 1.165) is 82.0 Å². The third-order valence-corrected chi connectivity index (χ3v) is 6.40. The van der Waals surface area contributed by atoms with Crippen LogP contribution in [0.2, 0.25) is 0 Å². The second kappa shape index (κ2) is 12.7. The SMILES string of the molecule is CCNC(=NCC1CCN(CCOC)CC1)NC1CCN(c2cc(OC)cc(OC)c2)C1. The quantitative estimate of drug-likeness (QED) is 0.421. The maximum absolute atomic E-state index is 5.44. The Morgan fingerprint density at radius 1 is 1.03 bits per heavy atom. The summed E-state index contributed by atoms with van der Waals surface area (Å²) >= 11 is 0. The molecule has 0 radical (unpaired) electrons. The number of benzene rings is 1. The molecule has 2 aliphatic heterocycles. The summed E-state index contributed by atoms with van der Waals surface area (Å²) in [6, 6.07) is 6.42. The van der Waals surface area contributed by atoms with Crippen LogP contribution in [0.15, 0.2) is 23.2 Å².